The number of phenols is 1. The lowest BCUT2D eigenvalue weighted by molar-refractivity contribution is -0.125. The first-order chi connectivity index (χ1) is 8.24. The topological polar surface area (TPSA) is 75.3 Å². The molecule has 4 nitrogen and oxygen atoms in total. The number of rotatable bonds is 5. The number of carbonyl (C=O) groups is 1. The van der Waals surface area contributed by atoms with Crippen LogP contribution in [0, 0.1) is 12.3 Å². The van der Waals surface area contributed by atoms with Gasteiger partial charge in [0.2, 0.25) is 5.91 Å². The minimum atomic E-state index is -0.603. The lowest BCUT2D eigenvalue weighted by Gasteiger charge is -2.24. The van der Waals surface area contributed by atoms with Gasteiger partial charge in [0, 0.05) is 18.2 Å². The van der Waals surface area contributed by atoms with Gasteiger partial charge in [-0.25, -0.2) is 0 Å². The van der Waals surface area contributed by atoms with Crippen LogP contribution >= 0.6 is 0 Å². The van der Waals surface area contributed by atoms with Gasteiger partial charge < -0.3 is 16.2 Å². The van der Waals surface area contributed by atoms with Crippen molar-refractivity contribution >= 4 is 5.91 Å². The number of benzene rings is 1. The van der Waals surface area contributed by atoms with E-state index in [4.69, 9.17) is 5.73 Å². The van der Waals surface area contributed by atoms with Crippen LogP contribution in [-0.2, 0) is 4.79 Å². The Hall–Kier alpha value is -1.55. The first-order valence-corrected chi connectivity index (χ1v) is 6.07. The van der Waals surface area contributed by atoms with Crippen molar-refractivity contribution in [3.8, 4) is 5.75 Å². The largest absolute Gasteiger partial charge is 0.508 e. The summed E-state index contributed by atoms with van der Waals surface area (Å²) in [5.41, 5.74) is 6.55. The molecule has 1 amide bonds. The molecule has 0 radical (unpaired) electrons. The molecular formula is C14H22N2O2. The summed E-state index contributed by atoms with van der Waals surface area (Å²) in [4.78, 5) is 11.2. The number of aromatic hydroxyl groups is 1. The predicted molar refractivity (Wildman–Crippen MR) is 72.2 cm³/mol. The van der Waals surface area contributed by atoms with Gasteiger partial charge in [-0.2, -0.15) is 0 Å². The van der Waals surface area contributed by atoms with Crippen LogP contribution in [0.4, 0.5) is 0 Å². The maximum absolute atomic E-state index is 11.2. The number of hydrogen-bond donors (Lipinski definition) is 3. The monoisotopic (exact) mass is 250 g/mol. The second kappa shape index (κ2) is 5.40. The number of amides is 1. The number of aryl methyl sites for hydroxylation is 1. The van der Waals surface area contributed by atoms with Gasteiger partial charge in [0.05, 0.1) is 5.41 Å². The molecule has 1 aromatic rings. The smallest absolute Gasteiger partial charge is 0.224 e. The van der Waals surface area contributed by atoms with Gasteiger partial charge in [0.15, 0.2) is 0 Å². The van der Waals surface area contributed by atoms with Crippen LogP contribution in [0.1, 0.15) is 37.9 Å². The molecule has 1 aromatic carbocycles. The number of primary amides is 1. The summed E-state index contributed by atoms with van der Waals surface area (Å²) < 4.78 is 0. The molecule has 1 unspecified atom stereocenters. The Morgan fingerprint density at radius 1 is 1.50 bits per heavy atom. The highest BCUT2D eigenvalue weighted by molar-refractivity contribution is 5.80. The van der Waals surface area contributed by atoms with E-state index in [1.807, 2.05) is 26.0 Å². The molecule has 0 bridgehead atoms. The van der Waals surface area contributed by atoms with Gasteiger partial charge in [0.1, 0.15) is 5.75 Å². The fraction of sp³-hybridized carbons (Fsp3) is 0.500. The molecule has 1 rings (SSSR count). The Kier molecular flexibility index (Phi) is 4.35. The second-order valence-corrected chi connectivity index (χ2v) is 5.41. The Morgan fingerprint density at radius 2 is 2.11 bits per heavy atom. The fourth-order valence-corrected chi connectivity index (χ4v) is 1.63. The normalized spacial score (nSPS) is 13.3. The molecule has 0 heterocycles. The van der Waals surface area contributed by atoms with Crippen LogP contribution < -0.4 is 11.1 Å². The molecule has 0 saturated heterocycles. The van der Waals surface area contributed by atoms with Crippen LogP contribution in [0.3, 0.4) is 0 Å². The molecule has 4 heteroatoms. The third kappa shape index (κ3) is 3.47. The van der Waals surface area contributed by atoms with E-state index in [0.29, 0.717) is 6.54 Å². The molecule has 0 saturated carbocycles. The van der Waals surface area contributed by atoms with E-state index in [1.165, 1.54) is 0 Å². The van der Waals surface area contributed by atoms with Gasteiger partial charge in [0.25, 0.3) is 0 Å². The van der Waals surface area contributed by atoms with E-state index >= 15 is 0 Å². The molecule has 0 spiro atoms. The average Bonchev–Trinajstić information content (AvgIpc) is 2.25. The minimum absolute atomic E-state index is 0.0378. The van der Waals surface area contributed by atoms with E-state index < -0.39 is 5.41 Å². The number of nitrogens with two attached hydrogens (primary N) is 1. The fourth-order valence-electron chi connectivity index (χ4n) is 1.63. The van der Waals surface area contributed by atoms with Crippen molar-refractivity contribution in [3.63, 3.8) is 0 Å². The maximum Gasteiger partial charge on any atom is 0.224 e. The quantitative estimate of drug-likeness (QED) is 0.746. The van der Waals surface area contributed by atoms with Crippen molar-refractivity contribution in [3.05, 3.63) is 29.3 Å². The maximum atomic E-state index is 11.2. The summed E-state index contributed by atoms with van der Waals surface area (Å²) in [6, 6.07) is 5.53. The third-order valence-electron chi connectivity index (χ3n) is 3.17. The van der Waals surface area contributed by atoms with Crippen molar-refractivity contribution in [2.75, 3.05) is 6.54 Å². The molecular weight excluding hydrogens is 228 g/mol. The summed E-state index contributed by atoms with van der Waals surface area (Å²) in [5.74, 6) is -0.0674. The lowest BCUT2D eigenvalue weighted by atomic mass is 9.92. The second-order valence-electron chi connectivity index (χ2n) is 5.41. The Morgan fingerprint density at radius 3 is 2.61 bits per heavy atom. The number of hydrogen-bond acceptors (Lipinski definition) is 3. The summed E-state index contributed by atoms with van der Waals surface area (Å²) in [6.07, 6.45) is 0. The number of nitrogens with one attached hydrogen (secondary N) is 1. The summed E-state index contributed by atoms with van der Waals surface area (Å²) in [5, 5.41) is 13.1. The van der Waals surface area contributed by atoms with Crippen LogP contribution in [0.25, 0.3) is 0 Å². The highest BCUT2D eigenvalue weighted by Gasteiger charge is 2.25. The molecule has 0 aliphatic heterocycles. The van der Waals surface area contributed by atoms with E-state index in [0.717, 1.165) is 11.1 Å². The third-order valence-corrected chi connectivity index (χ3v) is 3.17. The highest BCUT2D eigenvalue weighted by Crippen LogP contribution is 2.25. The highest BCUT2D eigenvalue weighted by atomic mass is 16.3. The Balaban J connectivity index is 2.71. The Labute approximate surface area is 108 Å². The summed E-state index contributed by atoms with van der Waals surface area (Å²) >= 11 is 0. The van der Waals surface area contributed by atoms with E-state index in [1.54, 1.807) is 19.9 Å². The first-order valence-electron chi connectivity index (χ1n) is 6.07. The zero-order valence-electron chi connectivity index (χ0n) is 11.4. The zero-order chi connectivity index (χ0) is 13.9. The van der Waals surface area contributed by atoms with Gasteiger partial charge in [-0.15, -0.1) is 0 Å². The van der Waals surface area contributed by atoms with Gasteiger partial charge in [-0.3, -0.25) is 4.79 Å². The van der Waals surface area contributed by atoms with Crippen LogP contribution in [0.2, 0.25) is 0 Å². The van der Waals surface area contributed by atoms with E-state index in [9.17, 15) is 9.90 Å². The molecule has 0 aliphatic carbocycles. The number of phenolic OH excluding ortho intramolecular Hbond substituents is 1. The van der Waals surface area contributed by atoms with Crippen LogP contribution in [0.5, 0.6) is 5.75 Å². The standard InChI is InChI=1S/C14H22N2O2/c1-9-5-6-11(12(17)7-9)10(2)16-8-14(3,4)13(15)18/h5-7,10,16-17H,8H2,1-4H3,(H2,15,18). The van der Waals surface area contributed by atoms with E-state index in [-0.39, 0.29) is 17.7 Å². The SMILES string of the molecule is Cc1ccc(C(C)NCC(C)(C)C(N)=O)c(O)c1. The van der Waals surface area contributed by atoms with Gasteiger partial charge in [-0.05, 0) is 39.3 Å². The van der Waals surface area contributed by atoms with Crippen LogP contribution in [0.15, 0.2) is 18.2 Å². The van der Waals surface area contributed by atoms with E-state index in [2.05, 4.69) is 5.32 Å². The molecule has 4 N–H and O–H groups in total. The lowest BCUT2D eigenvalue weighted by Crippen LogP contribution is -2.41. The Bertz CT molecular complexity index is 441. The van der Waals surface area contributed by atoms with Crippen molar-refractivity contribution in [2.45, 2.75) is 33.7 Å². The van der Waals surface area contributed by atoms with Gasteiger partial charge >= 0.3 is 0 Å². The minimum Gasteiger partial charge on any atom is -0.508 e. The molecule has 0 aliphatic rings. The van der Waals surface area contributed by atoms with Crippen molar-refractivity contribution in [1.82, 2.24) is 5.32 Å². The molecule has 100 valence electrons. The molecule has 0 fully saturated rings. The zero-order valence-corrected chi connectivity index (χ0v) is 11.4. The molecule has 18 heavy (non-hydrogen) atoms. The van der Waals surface area contributed by atoms with Gasteiger partial charge in [-0.1, -0.05) is 12.1 Å². The summed E-state index contributed by atoms with van der Waals surface area (Å²) in [7, 11) is 0. The first kappa shape index (κ1) is 14.5. The average molecular weight is 250 g/mol. The predicted octanol–water partition coefficient (Wildman–Crippen LogP) is 1.86. The number of carbonyl (C=O) groups excluding carboxylic acids is 1. The molecule has 1 atom stereocenters. The van der Waals surface area contributed by atoms with Crippen molar-refractivity contribution < 1.29 is 9.90 Å². The van der Waals surface area contributed by atoms with Crippen LogP contribution in [-0.4, -0.2) is 17.6 Å². The van der Waals surface area contributed by atoms with Crippen molar-refractivity contribution in [1.29, 1.82) is 0 Å². The summed E-state index contributed by atoms with van der Waals surface area (Å²) in [6.45, 7) is 7.93. The molecule has 0 aromatic heterocycles. The van der Waals surface area contributed by atoms with Crippen molar-refractivity contribution in [2.24, 2.45) is 11.1 Å².